The number of esters is 1. The molecule has 0 saturated carbocycles. The standard InChI is InChI=1S/C37H32N2O3/c1-22-12-16-26(17-13-22)25(4)38-31-10-7-11-33-35(31)37(29-9-6-5-8-28(29)36(40)42-37)30-21-32(24(3)20-34(30)41-33)39-27-18-14-23(2)15-19-27/h5-21,25,38-39H,1-4H3. The van der Waals surface area contributed by atoms with E-state index in [-0.39, 0.29) is 12.0 Å². The van der Waals surface area contributed by atoms with Gasteiger partial charge in [0.15, 0.2) is 5.60 Å². The van der Waals surface area contributed by atoms with E-state index in [9.17, 15) is 4.79 Å². The molecule has 0 bridgehead atoms. The molecular weight excluding hydrogens is 520 g/mol. The zero-order valence-electron chi connectivity index (χ0n) is 24.1. The highest BCUT2D eigenvalue weighted by Gasteiger charge is 2.55. The van der Waals surface area contributed by atoms with Gasteiger partial charge in [-0.15, -0.1) is 0 Å². The summed E-state index contributed by atoms with van der Waals surface area (Å²) in [6, 6.07) is 34.5. The topological polar surface area (TPSA) is 59.6 Å². The van der Waals surface area contributed by atoms with Gasteiger partial charge < -0.3 is 20.1 Å². The number of anilines is 3. The Morgan fingerprint density at radius 2 is 1.43 bits per heavy atom. The van der Waals surface area contributed by atoms with Crippen LogP contribution < -0.4 is 15.4 Å². The zero-order valence-corrected chi connectivity index (χ0v) is 24.1. The van der Waals surface area contributed by atoms with Crippen molar-refractivity contribution in [3.63, 3.8) is 0 Å². The van der Waals surface area contributed by atoms with Gasteiger partial charge in [0.1, 0.15) is 11.5 Å². The number of hydrogen-bond acceptors (Lipinski definition) is 5. The number of benzene rings is 5. The lowest BCUT2D eigenvalue weighted by Gasteiger charge is -2.39. The average Bonchev–Trinajstić information content (AvgIpc) is 3.28. The first-order chi connectivity index (χ1) is 20.3. The number of hydrogen-bond donors (Lipinski definition) is 2. The van der Waals surface area contributed by atoms with Crippen molar-refractivity contribution < 1.29 is 14.3 Å². The van der Waals surface area contributed by atoms with Crippen LogP contribution in [0, 0.1) is 20.8 Å². The molecule has 0 amide bonds. The van der Waals surface area contributed by atoms with Crippen molar-refractivity contribution >= 4 is 23.0 Å². The van der Waals surface area contributed by atoms with E-state index in [1.807, 2.05) is 48.5 Å². The lowest BCUT2D eigenvalue weighted by molar-refractivity contribution is 0.0227. The fourth-order valence-electron chi connectivity index (χ4n) is 6.10. The molecule has 7 rings (SSSR count). The van der Waals surface area contributed by atoms with E-state index in [4.69, 9.17) is 9.47 Å². The molecule has 208 valence electrons. The van der Waals surface area contributed by atoms with Crippen molar-refractivity contribution in [2.24, 2.45) is 0 Å². The lowest BCUT2D eigenvalue weighted by Crippen LogP contribution is -2.34. The quantitative estimate of drug-likeness (QED) is 0.213. The van der Waals surface area contributed by atoms with E-state index in [1.54, 1.807) is 0 Å². The van der Waals surface area contributed by atoms with Crippen LogP contribution in [0.15, 0.2) is 103 Å². The van der Waals surface area contributed by atoms with E-state index < -0.39 is 5.60 Å². The maximum Gasteiger partial charge on any atom is 0.340 e. The first-order valence-corrected chi connectivity index (χ1v) is 14.3. The summed E-state index contributed by atoms with van der Waals surface area (Å²) >= 11 is 0. The van der Waals surface area contributed by atoms with Crippen LogP contribution >= 0.6 is 0 Å². The van der Waals surface area contributed by atoms with Gasteiger partial charge >= 0.3 is 5.97 Å². The largest absolute Gasteiger partial charge is 0.456 e. The minimum Gasteiger partial charge on any atom is -0.456 e. The van der Waals surface area contributed by atoms with Gasteiger partial charge in [0.05, 0.1) is 11.1 Å². The monoisotopic (exact) mass is 552 g/mol. The Morgan fingerprint density at radius 3 is 2.19 bits per heavy atom. The van der Waals surface area contributed by atoms with E-state index in [0.29, 0.717) is 17.1 Å². The molecule has 0 aliphatic carbocycles. The zero-order chi connectivity index (χ0) is 29.0. The molecular formula is C37H32N2O3. The van der Waals surface area contributed by atoms with Crippen LogP contribution in [0.4, 0.5) is 17.1 Å². The molecule has 5 aromatic rings. The number of carbonyl (C=O) groups is 1. The highest BCUT2D eigenvalue weighted by Crippen LogP contribution is 2.59. The predicted molar refractivity (Wildman–Crippen MR) is 167 cm³/mol. The maximum absolute atomic E-state index is 13.5. The first-order valence-electron chi connectivity index (χ1n) is 14.3. The van der Waals surface area contributed by atoms with Crippen molar-refractivity contribution in [2.45, 2.75) is 39.3 Å². The van der Waals surface area contributed by atoms with Crippen LogP contribution in [-0.2, 0) is 10.3 Å². The Bertz CT molecular complexity index is 1840. The molecule has 2 aliphatic heterocycles. The molecule has 1 spiro atoms. The van der Waals surface area contributed by atoms with Crippen molar-refractivity contribution in [1.82, 2.24) is 0 Å². The van der Waals surface area contributed by atoms with Crippen LogP contribution in [0.5, 0.6) is 11.5 Å². The van der Waals surface area contributed by atoms with Gasteiger partial charge in [-0.25, -0.2) is 4.79 Å². The van der Waals surface area contributed by atoms with E-state index in [1.165, 1.54) is 11.1 Å². The molecule has 5 nitrogen and oxygen atoms in total. The normalized spacial score (nSPS) is 17.0. The van der Waals surface area contributed by atoms with Crippen LogP contribution in [0.1, 0.15) is 62.3 Å². The van der Waals surface area contributed by atoms with E-state index in [2.05, 4.69) is 92.9 Å². The Kier molecular flexibility index (Phi) is 6.05. The third-order valence-electron chi connectivity index (χ3n) is 8.36. The molecule has 2 heterocycles. The van der Waals surface area contributed by atoms with Gasteiger partial charge in [-0.05, 0) is 81.3 Å². The minimum absolute atomic E-state index is 0.000298. The number of carbonyl (C=O) groups excluding carboxylic acids is 1. The lowest BCUT2D eigenvalue weighted by atomic mass is 9.76. The Hall–Kier alpha value is -5.03. The van der Waals surface area contributed by atoms with E-state index >= 15 is 0 Å². The van der Waals surface area contributed by atoms with Crippen LogP contribution in [0.2, 0.25) is 0 Å². The number of aryl methyl sites for hydroxylation is 3. The second-order valence-electron chi connectivity index (χ2n) is 11.3. The fourth-order valence-corrected chi connectivity index (χ4v) is 6.10. The van der Waals surface area contributed by atoms with Crippen molar-refractivity contribution in [3.05, 3.63) is 148 Å². The number of rotatable bonds is 5. The van der Waals surface area contributed by atoms with Gasteiger partial charge in [-0.2, -0.15) is 0 Å². The molecule has 42 heavy (non-hydrogen) atoms. The average molecular weight is 553 g/mol. The predicted octanol–water partition coefficient (Wildman–Crippen LogP) is 9.10. The van der Waals surface area contributed by atoms with Gasteiger partial charge in [-0.1, -0.05) is 71.8 Å². The molecule has 0 saturated heterocycles. The summed E-state index contributed by atoms with van der Waals surface area (Å²) in [6.45, 7) is 8.35. The van der Waals surface area contributed by atoms with E-state index in [0.717, 1.165) is 44.9 Å². The fraction of sp³-hybridized carbons (Fsp3) is 0.162. The van der Waals surface area contributed by atoms with Crippen LogP contribution in [-0.4, -0.2) is 5.97 Å². The molecule has 2 N–H and O–H groups in total. The summed E-state index contributed by atoms with van der Waals surface area (Å²) < 4.78 is 13.1. The van der Waals surface area contributed by atoms with Crippen molar-refractivity contribution in [3.8, 4) is 11.5 Å². The Morgan fingerprint density at radius 1 is 0.714 bits per heavy atom. The molecule has 0 aromatic heterocycles. The summed E-state index contributed by atoms with van der Waals surface area (Å²) in [5.41, 5.74) is 9.10. The van der Waals surface area contributed by atoms with Gasteiger partial charge in [0.25, 0.3) is 0 Å². The maximum atomic E-state index is 13.5. The second kappa shape index (κ2) is 9.81. The summed E-state index contributed by atoms with van der Waals surface area (Å²) in [6.07, 6.45) is 0. The highest BCUT2D eigenvalue weighted by molar-refractivity contribution is 5.97. The van der Waals surface area contributed by atoms with Gasteiger partial charge in [0.2, 0.25) is 0 Å². The Labute approximate surface area is 246 Å². The summed E-state index contributed by atoms with van der Waals surface area (Å²) in [5.74, 6) is 0.980. The van der Waals surface area contributed by atoms with Crippen molar-refractivity contribution in [2.75, 3.05) is 10.6 Å². The smallest absolute Gasteiger partial charge is 0.340 e. The molecule has 0 radical (unpaired) electrons. The third-order valence-corrected chi connectivity index (χ3v) is 8.36. The first kappa shape index (κ1) is 25.9. The molecule has 2 aliphatic rings. The van der Waals surface area contributed by atoms with Gasteiger partial charge in [0, 0.05) is 34.2 Å². The van der Waals surface area contributed by atoms with Crippen molar-refractivity contribution in [1.29, 1.82) is 0 Å². The summed E-state index contributed by atoms with van der Waals surface area (Å²) in [7, 11) is 0. The summed E-state index contributed by atoms with van der Waals surface area (Å²) in [4.78, 5) is 13.5. The molecule has 2 atom stereocenters. The third kappa shape index (κ3) is 4.12. The molecule has 0 fully saturated rings. The minimum atomic E-state index is -1.19. The number of fused-ring (bicyclic) bond motifs is 6. The van der Waals surface area contributed by atoms with Crippen LogP contribution in [0.25, 0.3) is 0 Å². The number of ether oxygens (including phenoxy) is 2. The van der Waals surface area contributed by atoms with Crippen LogP contribution in [0.3, 0.4) is 0 Å². The Balaban J connectivity index is 1.42. The number of nitrogens with one attached hydrogen (secondary N) is 2. The molecule has 5 aromatic carbocycles. The molecule has 5 heteroatoms. The summed E-state index contributed by atoms with van der Waals surface area (Å²) in [5, 5.41) is 7.29. The molecule has 2 unspecified atom stereocenters. The van der Waals surface area contributed by atoms with Gasteiger partial charge in [-0.3, -0.25) is 0 Å². The second-order valence-corrected chi connectivity index (χ2v) is 11.3. The highest BCUT2D eigenvalue weighted by atomic mass is 16.6. The SMILES string of the molecule is Cc1ccc(Nc2cc3c(cc2C)Oc2cccc(NC(C)c4ccc(C)cc4)c2C32OC(=O)c3ccccc32)cc1.